The molecule has 5 aliphatic rings. The summed E-state index contributed by atoms with van der Waals surface area (Å²) in [4.78, 5) is 13.2. The van der Waals surface area contributed by atoms with Crippen molar-refractivity contribution in [3.05, 3.63) is 30.6 Å². The molecule has 1 saturated carbocycles. The lowest BCUT2D eigenvalue weighted by Crippen LogP contribution is -2.47. The van der Waals surface area contributed by atoms with Crippen LogP contribution in [0.2, 0.25) is 0 Å². The van der Waals surface area contributed by atoms with Crippen LogP contribution < -0.4 is 4.90 Å². The fourth-order valence-electron chi connectivity index (χ4n) is 5.75. The third-order valence-electron chi connectivity index (χ3n) is 7.39. The Labute approximate surface area is 173 Å². The maximum Gasteiger partial charge on any atom is 0.225 e. The van der Waals surface area contributed by atoms with Gasteiger partial charge in [0.1, 0.15) is 0 Å². The summed E-state index contributed by atoms with van der Waals surface area (Å²) in [5, 5.41) is 0. The van der Waals surface area contributed by atoms with E-state index in [0.29, 0.717) is 30.1 Å². The van der Waals surface area contributed by atoms with Crippen molar-refractivity contribution in [2.24, 2.45) is 23.7 Å². The lowest BCUT2D eigenvalue weighted by atomic mass is 9.64. The number of hydrogen-bond acceptors (Lipinski definition) is 6. The van der Waals surface area contributed by atoms with Crippen molar-refractivity contribution in [3.8, 4) is 0 Å². The Kier molecular flexibility index (Phi) is 5.34. The fourth-order valence-corrected chi connectivity index (χ4v) is 7.30. The first-order valence-electron chi connectivity index (χ1n) is 11.0. The number of hydrogen-bond donors (Lipinski definition) is 0. The molecule has 1 aromatic rings. The molecule has 7 nitrogen and oxygen atoms in total. The highest BCUT2D eigenvalue weighted by Crippen LogP contribution is 2.48. The zero-order chi connectivity index (χ0) is 19.8. The van der Waals surface area contributed by atoms with Crippen LogP contribution >= 0.6 is 0 Å². The molecule has 158 valence electrons. The zero-order valence-electron chi connectivity index (χ0n) is 16.9. The van der Waals surface area contributed by atoms with Gasteiger partial charge in [-0.3, -0.25) is 4.90 Å². The number of sulfonamides is 1. The van der Waals surface area contributed by atoms with E-state index in [1.165, 1.54) is 12.8 Å². The first-order valence-corrected chi connectivity index (χ1v) is 12.6. The topological polar surface area (TPSA) is 69.6 Å². The third-order valence-corrected chi connectivity index (χ3v) is 9.28. The van der Waals surface area contributed by atoms with Crippen molar-refractivity contribution >= 4 is 16.0 Å². The van der Waals surface area contributed by atoms with Crippen molar-refractivity contribution in [1.82, 2.24) is 19.2 Å². The normalized spacial score (nSPS) is 32.6. The maximum absolute atomic E-state index is 13.0. The van der Waals surface area contributed by atoms with Crippen molar-refractivity contribution in [3.63, 3.8) is 0 Å². The van der Waals surface area contributed by atoms with Crippen LogP contribution in [-0.2, 0) is 10.0 Å². The van der Waals surface area contributed by atoms with E-state index in [-0.39, 0.29) is 5.75 Å². The van der Waals surface area contributed by atoms with E-state index in [1.807, 2.05) is 10.4 Å². The van der Waals surface area contributed by atoms with Crippen LogP contribution in [0.25, 0.3) is 0 Å². The van der Waals surface area contributed by atoms with Crippen LogP contribution in [0.3, 0.4) is 0 Å². The van der Waals surface area contributed by atoms with Gasteiger partial charge >= 0.3 is 0 Å². The molecule has 4 atom stereocenters. The van der Waals surface area contributed by atoms with Crippen molar-refractivity contribution in [2.75, 3.05) is 56.5 Å². The summed E-state index contributed by atoms with van der Waals surface area (Å²) in [5.41, 5.74) is 0. The molecule has 4 unspecified atom stereocenters. The zero-order valence-corrected chi connectivity index (χ0v) is 17.8. The highest BCUT2D eigenvalue weighted by Gasteiger charge is 2.48. The van der Waals surface area contributed by atoms with E-state index in [9.17, 15) is 8.42 Å². The minimum atomic E-state index is -3.14. The first kappa shape index (κ1) is 19.5. The number of nitrogens with zero attached hydrogens (tertiary/aromatic N) is 5. The Morgan fingerprint density at radius 2 is 1.55 bits per heavy atom. The second-order valence-electron chi connectivity index (χ2n) is 8.98. The summed E-state index contributed by atoms with van der Waals surface area (Å²) >= 11 is 0. The van der Waals surface area contributed by atoms with Gasteiger partial charge in [0.15, 0.2) is 0 Å². The number of aromatic nitrogens is 2. The molecule has 3 heterocycles. The van der Waals surface area contributed by atoms with Crippen molar-refractivity contribution in [1.29, 1.82) is 0 Å². The molecule has 6 rings (SSSR count). The molecule has 0 spiro atoms. The molecule has 2 aliphatic heterocycles. The molecular formula is C21H31N5O2S. The van der Waals surface area contributed by atoms with Crippen molar-refractivity contribution < 1.29 is 8.42 Å². The molecule has 0 radical (unpaired) electrons. The highest BCUT2D eigenvalue weighted by molar-refractivity contribution is 7.89. The van der Waals surface area contributed by atoms with Gasteiger partial charge in [0.25, 0.3) is 0 Å². The van der Waals surface area contributed by atoms with Crippen LogP contribution in [0.15, 0.2) is 30.6 Å². The Morgan fingerprint density at radius 3 is 2.14 bits per heavy atom. The SMILES string of the molecule is O=S(=O)(CCCN1CCN(c2ncccn2)CC1)N1CC2C3C=CC(CC3)C2C1. The van der Waals surface area contributed by atoms with Gasteiger partial charge in [0.2, 0.25) is 16.0 Å². The molecule has 3 fully saturated rings. The quantitative estimate of drug-likeness (QED) is 0.653. The van der Waals surface area contributed by atoms with Gasteiger partial charge in [0, 0.05) is 51.7 Å². The average molecular weight is 418 g/mol. The van der Waals surface area contributed by atoms with Gasteiger partial charge < -0.3 is 4.90 Å². The number of fused-ring (bicyclic) bond motifs is 1. The number of allylic oxidation sites excluding steroid dienone is 2. The van der Waals surface area contributed by atoms with Crippen LogP contribution in [0.1, 0.15) is 19.3 Å². The number of rotatable bonds is 6. The molecule has 3 aliphatic carbocycles. The van der Waals surface area contributed by atoms with E-state index >= 15 is 0 Å². The Balaban J connectivity index is 1.08. The van der Waals surface area contributed by atoms with Crippen LogP contribution in [0.4, 0.5) is 5.95 Å². The molecule has 0 aromatic carbocycles. The van der Waals surface area contributed by atoms with Crippen LogP contribution in [0.5, 0.6) is 0 Å². The largest absolute Gasteiger partial charge is 0.338 e. The predicted molar refractivity (Wildman–Crippen MR) is 113 cm³/mol. The standard InChI is InChI=1S/C21H31N5O2S/c27-29(28,26-15-19-17-3-4-18(6-5-17)20(19)16-26)14-2-9-24-10-12-25(13-11-24)21-22-7-1-8-23-21/h1,3-4,7-8,17-20H,2,5-6,9-16H2. The summed E-state index contributed by atoms with van der Waals surface area (Å²) in [6.07, 6.45) is 11.5. The summed E-state index contributed by atoms with van der Waals surface area (Å²) in [7, 11) is -3.14. The Hall–Kier alpha value is -1.51. The first-order chi connectivity index (χ1) is 14.1. The minimum Gasteiger partial charge on any atom is -0.338 e. The molecule has 1 aromatic heterocycles. The molecule has 0 N–H and O–H groups in total. The van der Waals surface area contributed by atoms with E-state index in [4.69, 9.17) is 0 Å². The van der Waals surface area contributed by atoms with Gasteiger partial charge in [-0.25, -0.2) is 22.7 Å². The highest BCUT2D eigenvalue weighted by atomic mass is 32.2. The molecule has 8 heteroatoms. The van der Waals surface area contributed by atoms with Gasteiger partial charge in [-0.15, -0.1) is 0 Å². The average Bonchev–Trinajstić information content (AvgIpc) is 3.25. The maximum atomic E-state index is 13.0. The van der Waals surface area contributed by atoms with Crippen LogP contribution in [-0.4, -0.2) is 79.2 Å². The monoisotopic (exact) mass is 417 g/mol. The van der Waals surface area contributed by atoms with Crippen LogP contribution in [0, 0.1) is 23.7 Å². The fraction of sp³-hybridized carbons (Fsp3) is 0.714. The Bertz CT molecular complexity index is 816. The molecule has 29 heavy (non-hydrogen) atoms. The summed E-state index contributed by atoms with van der Waals surface area (Å²) < 4.78 is 27.7. The summed E-state index contributed by atoms with van der Waals surface area (Å²) in [6.45, 7) is 5.98. The summed E-state index contributed by atoms with van der Waals surface area (Å²) in [5.74, 6) is 3.39. The lowest BCUT2D eigenvalue weighted by Gasteiger charge is -2.40. The van der Waals surface area contributed by atoms with E-state index in [0.717, 1.165) is 51.8 Å². The van der Waals surface area contributed by atoms with E-state index in [1.54, 1.807) is 12.4 Å². The lowest BCUT2D eigenvalue weighted by molar-refractivity contribution is 0.169. The van der Waals surface area contributed by atoms with Gasteiger partial charge in [-0.05, 0) is 55.5 Å². The summed E-state index contributed by atoms with van der Waals surface area (Å²) in [6, 6.07) is 1.83. The second kappa shape index (κ2) is 7.96. The van der Waals surface area contributed by atoms with Gasteiger partial charge in [-0.2, -0.15) is 0 Å². The second-order valence-corrected chi connectivity index (χ2v) is 11.1. The third kappa shape index (κ3) is 3.94. The Morgan fingerprint density at radius 1 is 0.931 bits per heavy atom. The van der Waals surface area contributed by atoms with E-state index < -0.39 is 10.0 Å². The van der Waals surface area contributed by atoms with Gasteiger partial charge in [0.05, 0.1) is 5.75 Å². The molecule has 0 amide bonds. The molecule has 2 bridgehead atoms. The van der Waals surface area contributed by atoms with Gasteiger partial charge in [-0.1, -0.05) is 12.2 Å². The van der Waals surface area contributed by atoms with E-state index in [2.05, 4.69) is 31.9 Å². The predicted octanol–water partition coefficient (Wildman–Crippen LogP) is 1.46. The number of piperazine rings is 1. The van der Waals surface area contributed by atoms with Crippen molar-refractivity contribution in [2.45, 2.75) is 19.3 Å². The molecule has 2 saturated heterocycles. The minimum absolute atomic E-state index is 0.275. The number of anilines is 1. The molecular weight excluding hydrogens is 386 g/mol. The smallest absolute Gasteiger partial charge is 0.225 e.